The van der Waals surface area contributed by atoms with E-state index in [0.29, 0.717) is 18.3 Å². The molecule has 1 atom stereocenters. The Hall–Kier alpha value is -1.05. The molecule has 0 spiro atoms. The predicted octanol–water partition coefficient (Wildman–Crippen LogP) is 2.93. The minimum atomic E-state index is -0.258. The molecular formula is C15H23FIN3O. The summed E-state index contributed by atoms with van der Waals surface area (Å²) in [5.74, 6) is 1.24. The van der Waals surface area contributed by atoms with Gasteiger partial charge < -0.3 is 15.4 Å². The second-order valence-corrected chi connectivity index (χ2v) is 5.02. The Morgan fingerprint density at radius 2 is 2.05 bits per heavy atom. The first-order chi connectivity index (χ1) is 9.67. The lowest BCUT2D eigenvalue weighted by atomic mass is 10.3. The van der Waals surface area contributed by atoms with Crippen LogP contribution in [-0.4, -0.2) is 31.2 Å². The molecule has 6 heteroatoms. The number of nitrogens with one attached hydrogen (secondary N) is 2. The average molecular weight is 407 g/mol. The highest BCUT2D eigenvalue weighted by atomic mass is 127. The third-order valence-corrected chi connectivity index (χ3v) is 2.92. The number of aliphatic imine (C=N–C) groups is 1. The van der Waals surface area contributed by atoms with Gasteiger partial charge in [0.05, 0.1) is 6.54 Å². The van der Waals surface area contributed by atoms with Crippen molar-refractivity contribution in [1.82, 2.24) is 10.6 Å². The molecule has 0 aliphatic heterocycles. The van der Waals surface area contributed by atoms with Gasteiger partial charge in [0.2, 0.25) is 0 Å². The number of rotatable bonds is 6. The molecule has 0 aromatic heterocycles. The summed E-state index contributed by atoms with van der Waals surface area (Å²) in [5, 5.41) is 6.57. The van der Waals surface area contributed by atoms with Crippen LogP contribution >= 0.6 is 24.0 Å². The van der Waals surface area contributed by atoms with Crippen molar-refractivity contribution in [3.63, 3.8) is 0 Å². The molecule has 0 saturated heterocycles. The normalized spacial score (nSPS) is 15.9. The largest absolute Gasteiger partial charge is 0.489 e. The van der Waals surface area contributed by atoms with Gasteiger partial charge in [-0.2, -0.15) is 0 Å². The third-order valence-electron chi connectivity index (χ3n) is 2.92. The van der Waals surface area contributed by atoms with Crippen molar-refractivity contribution in [2.45, 2.75) is 38.8 Å². The molecule has 0 bridgehead atoms. The van der Waals surface area contributed by atoms with E-state index in [1.165, 1.54) is 25.0 Å². The average Bonchev–Trinajstić information content (AvgIpc) is 3.23. The van der Waals surface area contributed by atoms with Crippen LogP contribution in [0.25, 0.3) is 0 Å². The molecule has 1 aliphatic rings. The topological polar surface area (TPSA) is 45.7 Å². The van der Waals surface area contributed by atoms with Gasteiger partial charge in [0.15, 0.2) is 5.96 Å². The fourth-order valence-corrected chi connectivity index (χ4v) is 1.74. The highest BCUT2D eigenvalue weighted by molar-refractivity contribution is 14.0. The fraction of sp³-hybridized carbons (Fsp3) is 0.533. The lowest BCUT2D eigenvalue weighted by Crippen LogP contribution is -2.39. The van der Waals surface area contributed by atoms with Crippen molar-refractivity contribution in [3.05, 3.63) is 30.1 Å². The van der Waals surface area contributed by atoms with E-state index >= 15 is 0 Å². The summed E-state index contributed by atoms with van der Waals surface area (Å²) in [5.41, 5.74) is 0. The first-order valence-corrected chi connectivity index (χ1v) is 7.14. The van der Waals surface area contributed by atoms with Gasteiger partial charge in [-0.1, -0.05) is 0 Å². The maximum atomic E-state index is 12.8. The minimum absolute atomic E-state index is 0. The maximum absolute atomic E-state index is 12.8. The molecule has 1 saturated carbocycles. The quantitative estimate of drug-likeness (QED) is 0.433. The first-order valence-electron chi connectivity index (χ1n) is 7.14. The highest BCUT2D eigenvalue weighted by Crippen LogP contribution is 2.18. The molecular weight excluding hydrogens is 384 g/mol. The van der Waals surface area contributed by atoms with Crippen LogP contribution in [0.15, 0.2) is 29.3 Å². The Balaban J connectivity index is 0.00000220. The van der Waals surface area contributed by atoms with Crippen molar-refractivity contribution < 1.29 is 9.13 Å². The van der Waals surface area contributed by atoms with Crippen molar-refractivity contribution in [3.8, 4) is 5.75 Å². The lowest BCUT2D eigenvalue weighted by molar-refractivity contribution is 0.230. The number of nitrogens with zero attached hydrogens (tertiary/aromatic N) is 1. The third kappa shape index (κ3) is 6.97. The Bertz CT molecular complexity index is 449. The number of hydrogen-bond donors (Lipinski definition) is 2. The number of guanidine groups is 1. The molecule has 2 rings (SSSR count). The molecule has 1 fully saturated rings. The zero-order valence-corrected chi connectivity index (χ0v) is 14.8. The van der Waals surface area contributed by atoms with E-state index in [4.69, 9.17) is 4.74 Å². The molecule has 1 aromatic carbocycles. The van der Waals surface area contributed by atoms with Gasteiger partial charge in [-0.15, -0.1) is 24.0 Å². The summed E-state index contributed by atoms with van der Waals surface area (Å²) in [4.78, 5) is 4.50. The van der Waals surface area contributed by atoms with Crippen LogP contribution in [0, 0.1) is 5.82 Å². The van der Waals surface area contributed by atoms with Crippen molar-refractivity contribution in [2.24, 2.45) is 4.99 Å². The minimum Gasteiger partial charge on any atom is -0.489 e. The van der Waals surface area contributed by atoms with Crippen LogP contribution in [0.3, 0.4) is 0 Å². The van der Waals surface area contributed by atoms with E-state index < -0.39 is 0 Å². The smallest absolute Gasteiger partial charge is 0.191 e. The second-order valence-electron chi connectivity index (χ2n) is 5.02. The fourth-order valence-electron chi connectivity index (χ4n) is 1.74. The first kappa shape index (κ1) is 18.0. The molecule has 1 aliphatic carbocycles. The number of hydrogen-bond acceptors (Lipinski definition) is 2. The van der Waals surface area contributed by atoms with Gasteiger partial charge in [0, 0.05) is 12.6 Å². The van der Waals surface area contributed by atoms with Crippen molar-refractivity contribution in [2.75, 3.05) is 13.1 Å². The molecule has 2 N–H and O–H groups in total. The van der Waals surface area contributed by atoms with Crippen LogP contribution in [0.5, 0.6) is 5.75 Å². The SMILES string of the molecule is CCNC(=NCC(C)Oc1ccc(F)cc1)NC1CC1.I. The molecule has 0 heterocycles. The van der Waals surface area contributed by atoms with Gasteiger partial charge in [-0.3, -0.25) is 0 Å². The molecule has 0 amide bonds. The number of ether oxygens (including phenoxy) is 1. The summed E-state index contributed by atoms with van der Waals surface area (Å²) in [7, 11) is 0. The zero-order chi connectivity index (χ0) is 14.4. The van der Waals surface area contributed by atoms with E-state index in [-0.39, 0.29) is 35.9 Å². The summed E-state index contributed by atoms with van der Waals surface area (Å²) < 4.78 is 18.5. The van der Waals surface area contributed by atoms with Gasteiger partial charge in [-0.05, 0) is 51.0 Å². The molecule has 1 aromatic rings. The van der Waals surface area contributed by atoms with E-state index in [2.05, 4.69) is 15.6 Å². The molecule has 21 heavy (non-hydrogen) atoms. The summed E-state index contributed by atoms with van der Waals surface area (Å²) in [6.45, 7) is 5.39. The Morgan fingerprint density at radius 1 is 1.38 bits per heavy atom. The van der Waals surface area contributed by atoms with Gasteiger partial charge >= 0.3 is 0 Å². The second kappa shape index (κ2) is 9.07. The molecule has 0 radical (unpaired) electrons. The summed E-state index contributed by atoms with van der Waals surface area (Å²) in [6.07, 6.45) is 2.37. The standard InChI is InChI=1S/C15H22FN3O.HI/c1-3-17-15(19-13-6-7-13)18-10-11(2)20-14-8-4-12(16)5-9-14;/h4-5,8-9,11,13H,3,6-7,10H2,1-2H3,(H2,17,18,19);1H. The van der Waals surface area contributed by atoms with Crippen LogP contribution in [0.2, 0.25) is 0 Å². The van der Waals surface area contributed by atoms with Gasteiger partial charge in [0.25, 0.3) is 0 Å². The van der Waals surface area contributed by atoms with Crippen molar-refractivity contribution >= 4 is 29.9 Å². The zero-order valence-electron chi connectivity index (χ0n) is 12.4. The lowest BCUT2D eigenvalue weighted by Gasteiger charge is -2.15. The molecule has 4 nitrogen and oxygen atoms in total. The van der Waals surface area contributed by atoms with E-state index in [1.807, 2.05) is 13.8 Å². The maximum Gasteiger partial charge on any atom is 0.191 e. The Kier molecular flexibility index (Phi) is 7.77. The molecule has 118 valence electrons. The van der Waals surface area contributed by atoms with E-state index in [1.54, 1.807) is 12.1 Å². The Labute approximate surface area is 142 Å². The Morgan fingerprint density at radius 3 is 2.62 bits per heavy atom. The van der Waals surface area contributed by atoms with Crippen LogP contribution in [0.1, 0.15) is 26.7 Å². The van der Waals surface area contributed by atoms with E-state index in [9.17, 15) is 4.39 Å². The predicted molar refractivity (Wildman–Crippen MR) is 94.0 cm³/mol. The molecule has 1 unspecified atom stereocenters. The monoisotopic (exact) mass is 407 g/mol. The van der Waals surface area contributed by atoms with Crippen LogP contribution in [0.4, 0.5) is 4.39 Å². The number of halogens is 2. The van der Waals surface area contributed by atoms with E-state index in [0.717, 1.165) is 12.5 Å². The summed E-state index contributed by atoms with van der Waals surface area (Å²) in [6, 6.07) is 6.61. The summed E-state index contributed by atoms with van der Waals surface area (Å²) >= 11 is 0. The number of benzene rings is 1. The van der Waals surface area contributed by atoms with Crippen LogP contribution in [-0.2, 0) is 0 Å². The van der Waals surface area contributed by atoms with Gasteiger partial charge in [-0.25, -0.2) is 9.38 Å². The van der Waals surface area contributed by atoms with Crippen molar-refractivity contribution in [1.29, 1.82) is 0 Å². The highest BCUT2D eigenvalue weighted by Gasteiger charge is 2.22. The van der Waals surface area contributed by atoms with Crippen LogP contribution < -0.4 is 15.4 Å². The van der Waals surface area contributed by atoms with Gasteiger partial charge in [0.1, 0.15) is 17.7 Å².